The van der Waals surface area contributed by atoms with Crippen molar-refractivity contribution in [1.82, 2.24) is 19.9 Å². The third kappa shape index (κ3) is 3.76. The van der Waals surface area contributed by atoms with Crippen LogP contribution >= 0.6 is 0 Å². The topological polar surface area (TPSA) is 79.3 Å². The van der Waals surface area contributed by atoms with E-state index in [9.17, 15) is 0 Å². The van der Waals surface area contributed by atoms with Crippen LogP contribution in [-0.2, 0) is 4.84 Å². The van der Waals surface area contributed by atoms with Crippen molar-refractivity contribution >= 4 is 28.7 Å². The number of fused-ring (bicyclic) bond motifs is 1. The third-order valence-electron chi connectivity index (χ3n) is 3.47. The first kappa shape index (κ1) is 17.1. The number of hydrogen-bond acceptors (Lipinski definition) is 8. The highest BCUT2D eigenvalue weighted by Crippen LogP contribution is 2.25. The van der Waals surface area contributed by atoms with Gasteiger partial charge in [-0.1, -0.05) is 13.8 Å². The number of aromatic nitrogens is 4. The second-order valence-electron chi connectivity index (χ2n) is 5.19. The summed E-state index contributed by atoms with van der Waals surface area (Å²) < 4.78 is 0. The van der Waals surface area contributed by atoms with Crippen molar-refractivity contribution in [3.05, 3.63) is 6.20 Å². The van der Waals surface area contributed by atoms with Crippen LogP contribution in [0.1, 0.15) is 26.7 Å². The quantitative estimate of drug-likeness (QED) is 0.741. The average molecular weight is 319 g/mol. The van der Waals surface area contributed by atoms with Crippen LogP contribution in [0.4, 0.5) is 17.7 Å². The Labute approximate surface area is 136 Å². The molecule has 126 valence electrons. The second-order valence-corrected chi connectivity index (χ2v) is 5.19. The van der Waals surface area contributed by atoms with Gasteiger partial charge in [-0.05, 0) is 12.8 Å². The summed E-state index contributed by atoms with van der Waals surface area (Å²) in [4.78, 5) is 25.4. The van der Waals surface area contributed by atoms with Gasteiger partial charge in [-0.25, -0.2) is 20.0 Å². The van der Waals surface area contributed by atoms with Crippen molar-refractivity contribution in [3.8, 4) is 0 Å². The summed E-state index contributed by atoms with van der Waals surface area (Å²) in [5, 5.41) is 4.52. The highest BCUT2D eigenvalue weighted by molar-refractivity contribution is 5.87. The van der Waals surface area contributed by atoms with E-state index < -0.39 is 0 Å². The SMILES string of the molecule is CCCN(CCC)c1nc(NC)nc2cnc(N(C)OC)nc12. The molecule has 2 aromatic rings. The van der Waals surface area contributed by atoms with Crippen molar-refractivity contribution < 1.29 is 4.84 Å². The second kappa shape index (κ2) is 7.87. The Kier molecular flexibility index (Phi) is 5.86. The first-order chi connectivity index (χ1) is 11.1. The Hall–Kier alpha value is -2.22. The van der Waals surface area contributed by atoms with Crippen molar-refractivity contribution in [3.63, 3.8) is 0 Å². The lowest BCUT2D eigenvalue weighted by atomic mass is 10.3. The summed E-state index contributed by atoms with van der Waals surface area (Å²) >= 11 is 0. The van der Waals surface area contributed by atoms with E-state index >= 15 is 0 Å². The molecule has 0 saturated heterocycles. The summed E-state index contributed by atoms with van der Waals surface area (Å²) in [5.41, 5.74) is 1.45. The van der Waals surface area contributed by atoms with Crippen LogP contribution in [0, 0.1) is 0 Å². The number of anilines is 3. The molecule has 0 bridgehead atoms. The molecule has 0 atom stereocenters. The van der Waals surface area contributed by atoms with Crippen LogP contribution in [0.15, 0.2) is 6.20 Å². The molecular formula is C15H25N7O. The number of hydrogen-bond donors (Lipinski definition) is 1. The lowest BCUT2D eigenvalue weighted by molar-refractivity contribution is 0.180. The fraction of sp³-hybridized carbons (Fsp3) is 0.600. The van der Waals surface area contributed by atoms with Gasteiger partial charge in [0.1, 0.15) is 11.0 Å². The Balaban J connectivity index is 2.61. The molecule has 2 heterocycles. The first-order valence-electron chi connectivity index (χ1n) is 7.89. The van der Waals surface area contributed by atoms with Crippen molar-refractivity contribution in [1.29, 1.82) is 0 Å². The molecule has 2 rings (SSSR count). The van der Waals surface area contributed by atoms with Gasteiger partial charge in [0.2, 0.25) is 11.9 Å². The minimum Gasteiger partial charge on any atom is -0.357 e. The summed E-state index contributed by atoms with van der Waals surface area (Å²) in [6.07, 6.45) is 3.78. The smallest absolute Gasteiger partial charge is 0.250 e. The summed E-state index contributed by atoms with van der Waals surface area (Å²) in [5.74, 6) is 1.88. The van der Waals surface area contributed by atoms with Crippen molar-refractivity contribution in [2.24, 2.45) is 0 Å². The summed E-state index contributed by atoms with van der Waals surface area (Å²) in [6.45, 7) is 6.15. The third-order valence-corrected chi connectivity index (χ3v) is 3.47. The fourth-order valence-electron chi connectivity index (χ4n) is 2.33. The van der Waals surface area contributed by atoms with Crippen LogP contribution in [0.2, 0.25) is 0 Å². The summed E-state index contributed by atoms with van der Waals surface area (Å²) in [7, 11) is 5.15. The maximum Gasteiger partial charge on any atom is 0.250 e. The Morgan fingerprint density at radius 1 is 1.13 bits per heavy atom. The van der Waals surface area contributed by atoms with Crippen LogP contribution in [0.25, 0.3) is 11.0 Å². The Morgan fingerprint density at radius 3 is 2.39 bits per heavy atom. The van der Waals surface area contributed by atoms with E-state index in [4.69, 9.17) is 4.84 Å². The average Bonchev–Trinajstić information content (AvgIpc) is 2.59. The molecule has 0 amide bonds. The van der Waals surface area contributed by atoms with Crippen molar-refractivity contribution in [2.45, 2.75) is 26.7 Å². The molecule has 0 aliphatic rings. The highest BCUT2D eigenvalue weighted by atomic mass is 16.7. The summed E-state index contributed by atoms with van der Waals surface area (Å²) in [6, 6.07) is 0. The maximum atomic E-state index is 5.17. The minimum atomic E-state index is 0.481. The Morgan fingerprint density at radius 2 is 1.83 bits per heavy atom. The van der Waals surface area contributed by atoms with Crippen LogP contribution in [0.5, 0.6) is 0 Å². The van der Waals surface area contributed by atoms with E-state index in [1.807, 2.05) is 7.05 Å². The predicted octanol–water partition coefficient (Wildman–Crippen LogP) is 2.09. The lowest BCUT2D eigenvalue weighted by Crippen LogP contribution is -2.27. The highest BCUT2D eigenvalue weighted by Gasteiger charge is 2.17. The van der Waals surface area contributed by atoms with Gasteiger partial charge < -0.3 is 10.2 Å². The monoisotopic (exact) mass is 319 g/mol. The van der Waals surface area contributed by atoms with Crippen LogP contribution in [-0.4, -0.2) is 54.2 Å². The molecule has 0 saturated carbocycles. The molecule has 0 radical (unpaired) electrons. The van der Waals surface area contributed by atoms with Gasteiger partial charge in [0.25, 0.3) is 0 Å². The molecule has 0 aromatic carbocycles. The van der Waals surface area contributed by atoms with E-state index in [0.29, 0.717) is 17.4 Å². The number of rotatable bonds is 8. The van der Waals surface area contributed by atoms with Gasteiger partial charge >= 0.3 is 0 Å². The molecular weight excluding hydrogens is 294 g/mol. The van der Waals surface area contributed by atoms with Gasteiger partial charge in [-0.15, -0.1) is 0 Å². The fourth-order valence-corrected chi connectivity index (χ4v) is 2.33. The first-order valence-corrected chi connectivity index (χ1v) is 7.89. The van der Waals surface area contributed by atoms with E-state index in [1.165, 1.54) is 5.06 Å². The molecule has 0 spiro atoms. The standard InChI is InChI=1S/C15H25N7O/c1-6-8-22(9-7-2)13-12-11(18-14(16-3)20-13)10-17-15(19-12)21(4)23-5/h10H,6-9H2,1-5H3,(H,16,18,20). The number of nitrogens with zero attached hydrogens (tertiary/aromatic N) is 6. The molecule has 8 nitrogen and oxygen atoms in total. The molecule has 0 fully saturated rings. The van der Waals surface area contributed by atoms with Crippen LogP contribution in [0.3, 0.4) is 0 Å². The van der Waals surface area contributed by atoms with Gasteiger partial charge in [-0.3, -0.25) is 4.84 Å². The zero-order valence-electron chi connectivity index (χ0n) is 14.5. The Bertz CT molecular complexity index is 643. The minimum absolute atomic E-state index is 0.481. The van der Waals surface area contributed by atoms with Gasteiger partial charge in [-0.2, -0.15) is 4.98 Å². The van der Waals surface area contributed by atoms with Crippen molar-refractivity contribution in [2.75, 3.05) is 49.6 Å². The largest absolute Gasteiger partial charge is 0.357 e. The van der Waals surface area contributed by atoms with E-state index in [-0.39, 0.29) is 0 Å². The molecule has 8 heteroatoms. The normalized spacial score (nSPS) is 10.8. The molecule has 0 aliphatic carbocycles. The van der Waals surface area contributed by atoms with Gasteiger partial charge in [0.05, 0.1) is 13.3 Å². The van der Waals surface area contributed by atoms with Gasteiger partial charge in [0.15, 0.2) is 5.82 Å². The molecule has 1 N–H and O–H groups in total. The number of nitrogens with one attached hydrogen (secondary N) is 1. The van der Waals surface area contributed by atoms with E-state index in [2.05, 4.69) is 44.0 Å². The lowest BCUT2D eigenvalue weighted by Gasteiger charge is -2.24. The molecule has 23 heavy (non-hydrogen) atoms. The maximum absolute atomic E-state index is 5.17. The molecule has 0 unspecified atom stereocenters. The van der Waals surface area contributed by atoms with E-state index in [1.54, 1.807) is 20.4 Å². The molecule has 0 aliphatic heterocycles. The van der Waals surface area contributed by atoms with Crippen LogP contribution < -0.4 is 15.3 Å². The predicted molar refractivity (Wildman–Crippen MR) is 92.9 cm³/mol. The van der Waals surface area contributed by atoms with E-state index in [0.717, 1.165) is 37.3 Å². The van der Waals surface area contributed by atoms with Gasteiger partial charge in [0, 0.05) is 27.2 Å². The number of hydroxylamine groups is 1. The molecule has 2 aromatic heterocycles. The zero-order chi connectivity index (χ0) is 16.8. The zero-order valence-corrected chi connectivity index (χ0v) is 14.5.